The smallest absolute Gasteiger partial charge is 0.249 e. The molecule has 2 aromatic rings. The van der Waals surface area contributed by atoms with Crippen molar-refractivity contribution < 1.29 is 4.74 Å². The summed E-state index contributed by atoms with van der Waals surface area (Å²) < 4.78 is 5.46. The molecule has 1 aromatic carbocycles. The molecule has 0 spiro atoms. The van der Waals surface area contributed by atoms with Crippen LogP contribution in [-0.4, -0.2) is 54.6 Å². The highest BCUT2D eigenvalue weighted by Crippen LogP contribution is 2.28. The molecule has 3 heterocycles. The Morgan fingerprint density at radius 1 is 0.920 bits per heavy atom. The van der Waals surface area contributed by atoms with Gasteiger partial charge in [0, 0.05) is 26.2 Å². The van der Waals surface area contributed by atoms with Crippen LogP contribution >= 0.6 is 0 Å². The summed E-state index contributed by atoms with van der Waals surface area (Å²) in [5.41, 5.74) is 2.15. The van der Waals surface area contributed by atoms with Gasteiger partial charge in [-0.25, -0.2) is 0 Å². The first-order valence-electron chi connectivity index (χ1n) is 9.03. The maximum absolute atomic E-state index is 5.46. The van der Waals surface area contributed by atoms with Gasteiger partial charge in [-0.2, -0.15) is 10.1 Å². The van der Waals surface area contributed by atoms with Gasteiger partial charge in [-0.15, -0.1) is 5.10 Å². The Balaban J connectivity index is 1.54. The third-order valence-corrected chi connectivity index (χ3v) is 4.73. The number of ether oxygens (including phenoxy) is 1. The zero-order valence-electron chi connectivity index (χ0n) is 14.4. The van der Waals surface area contributed by atoms with Gasteiger partial charge in [-0.1, -0.05) is 12.1 Å². The molecule has 1 N–H and O–H groups in total. The lowest BCUT2D eigenvalue weighted by atomic mass is 10.1. The van der Waals surface area contributed by atoms with E-state index in [0.717, 1.165) is 56.6 Å². The predicted octanol–water partition coefficient (Wildman–Crippen LogP) is 2.44. The molecule has 2 aliphatic heterocycles. The molecule has 0 aliphatic carbocycles. The second-order valence-corrected chi connectivity index (χ2v) is 6.43. The zero-order chi connectivity index (χ0) is 16.9. The molecule has 0 bridgehead atoms. The molecule has 7 heteroatoms. The Labute approximate surface area is 148 Å². The molecular weight excluding hydrogens is 316 g/mol. The van der Waals surface area contributed by atoms with E-state index in [1.54, 1.807) is 6.20 Å². The minimum absolute atomic E-state index is 0.545. The van der Waals surface area contributed by atoms with Gasteiger partial charge in [0.25, 0.3) is 0 Å². The largest absolute Gasteiger partial charge is 0.378 e. The highest BCUT2D eigenvalue weighted by Gasteiger charge is 2.16. The lowest BCUT2D eigenvalue weighted by Gasteiger charge is -2.30. The summed E-state index contributed by atoms with van der Waals surface area (Å²) in [4.78, 5) is 9.29. The topological polar surface area (TPSA) is 66.4 Å². The van der Waals surface area contributed by atoms with Crippen LogP contribution in [0.5, 0.6) is 0 Å². The summed E-state index contributed by atoms with van der Waals surface area (Å²) in [5.74, 6) is 1.45. The van der Waals surface area contributed by atoms with Crippen LogP contribution in [-0.2, 0) is 4.74 Å². The summed E-state index contributed by atoms with van der Waals surface area (Å²) in [6.45, 7) is 5.40. The average molecular weight is 340 g/mol. The number of para-hydroxylation sites is 2. The average Bonchev–Trinajstić information content (AvgIpc) is 2.70. The summed E-state index contributed by atoms with van der Waals surface area (Å²) in [6, 6.07) is 8.25. The maximum atomic E-state index is 5.46. The first-order valence-corrected chi connectivity index (χ1v) is 9.03. The fourth-order valence-corrected chi connectivity index (χ4v) is 3.40. The van der Waals surface area contributed by atoms with Crippen molar-refractivity contribution in [2.45, 2.75) is 19.3 Å². The second-order valence-electron chi connectivity index (χ2n) is 6.43. The Kier molecular flexibility index (Phi) is 4.92. The molecule has 0 saturated carbocycles. The lowest BCUT2D eigenvalue weighted by Crippen LogP contribution is -2.36. The molecule has 0 atom stereocenters. The van der Waals surface area contributed by atoms with E-state index in [2.05, 4.69) is 48.5 Å². The van der Waals surface area contributed by atoms with Crippen molar-refractivity contribution in [3.8, 4) is 0 Å². The van der Waals surface area contributed by atoms with Crippen LogP contribution in [0.4, 0.5) is 23.1 Å². The summed E-state index contributed by atoms with van der Waals surface area (Å²) in [6.07, 6.45) is 5.48. The van der Waals surface area contributed by atoms with Crippen LogP contribution < -0.4 is 15.1 Å². The maximum Gasteiger partial charge on any atom is 0.249 e. The third kappa shape index (κ3) is 3.82. The molecular formula is C18H24N6O. The summed E-state index contributed by atoms with van der Waals surface area (Å²) in [7, 11) is 0. The lowest BCUT2D eigenvalue weighted by molar-refractivity contribution is 0.123. The van der Waals surface area contributed by atoms with Gasteiger partial charge in [0.15, 0.2) is 5.82 Å². The van der Waals surface area contributed by atoms with Gasteiger partial charge in [-0.05, 0) is 31.4 Å². The van der Waals surface area contributed by atoms with Crippen LogP contribution in [0.15, 0.2) is 30.5 Å². The fraction of sp³-hybridized carbons (Fsp3) is 0.500. The molecule has 2 saturated heterocycles. The van der Waals surface area contributed by atoms with Gasteiger partial charge in [0.05, 0.1) is 30.8 Å². The number of hydrogen-bond donors (Lipinski definition) is 1. The van der Waals surface area contributed by atoms with Gasteiger partial charge in [0.1, 0.15) is 0 Å². The first kappa shape index (κ1) is 16.1. The Morgan fingerprint density at radius 3 is 2.56 bits per heavy atom. The van der Waals surface area contributed by atoms with E-state index in [9.17, 15) is 0 Å². The Morgan fingerprint density at radius 2 is 1.72 bits per heavy atom. The van der Waals surface area contributed by atoms with E-state index in [0.29, 0.717) is 5.95 Å². The van der Waals surface area contributed by atoms with E-state index in [1.807, 2.05) is 6.07 Å². The highest BCUT2D eigenvalue weighted by molar-refractivity contribution is 5.73. The van der Waals surface area contributed by atoms with Crippen molar-refractivity contribution in [2.24, 2.45) is 0 Å². The van der Waals surface area contributed by atoms with Crippen molar-refractivity contribution in [1.82, 2.24) is 15.2 Å². The fourth-order valence-electron chi connectivity index (χ4n) is 3.40. The number of hydrogen-bond acceptors (Lipinski definition) is 7. The van der Waals surface area contributed by atoms with E-state index in [1.165, 1.54) is 19.3 Å². The van der Waals surface area contributed by atoms with Crippen molar-refractivity contribution >= 4 is 23.1 Å². The predicted molar refractivity (Wildman–Crippen MR) is 98.6 cm³/mol. The third-order valence-electron chi connectivity index (χ3n) is 4.73. The number of piperidine rings is 1. The van der Waals surface area contributed by atoms with E-state index in [4.69, 9.17) is 4.74 Å². The quantitative estimate of drug-likeness (QED) is 0.917. The Bertz CT molecular complexity index is 697. The molecule has 4 rings (SSSR count). The van der Waals surface area contributed by atoms with E-state index in [-0.39, 0.29) is 0 Å². The number of benzene rings is 1. The van der Waals surface area contributed by atoms with Gasteiger partial charge in [-0.3, -0.25) is 0 Å². The van der Waals surface area contributed by atoms with Crippen LogP contribution in [0, 0.1) is 0 Å². The molecule has 2 fully saturated rings. The molecule has 2 aliphatic rings. The van der Waals surface area contributed by atoms with Crippen LogP contribution in [0.1, 0.15) is 19.3 Å². The minimum atomic E-state index is 0.545. The normalized spacial score (nSPS) is 18.2. The molecule has 132 valence electrons. The SMILES string of the molecule is c1ccc(N2CCOCC2)c(Nc2nncc(N3CCCCC3)n2)c1. The van der Waals surface area contributed by atoms with Crippen molar-refractivity contribution in [3.63, 3.8) is 0 Å². The van der Waals surface area contributed by atoms with Crippen LogP contribution in [0.2, 0.25) is 0 Å². The molecule has 0 unspecified atom stereocenters. The van der Waals surface area contributed by atoms with Crippen molar-refractivity contribution in [2.75, 3.05) is 54.5 Å². The van der Waals surface area contributed by atoms with Crippen molar-refractivity contribution in [1.29, 1.82) is 0 Å². The number of rotatable bonds is 4. The van der Waals surface area contributed by atoms with E-state index < -0.39 is 0 Å². The monoisotopic (exact) mass is 340 g/mol. The molecule has 0 radical (unpaired) electrons. The zero-order valence-corrected chi connectivity index (χ0v) is 14.4. The molecule has 7 nitrogen and oxygen atoms in total. The Hall–Kier alpha value is -2.41. The van der Waals surface area contributed by atoms with Crippen LogP contribution in [0.25, 0.3) is 0 Å². The van der Waals surface area contributed by atoms with Gasteiger partial charge < -0.3 is 19.9 Å². The van der Waals surface area contributed by atoms with Crippen molar-refractivity contribution in [3.05, 3.63) is 30.5 Å². The molecule has 0 amide bonds. The van der Waals surface area contributed by atoms with E-state index >= 15 is 0 Å². The minimum Gasteiger partial charge on any atom is -0.378 e. The molecule has 25 heavy (non-hydrogen) atoms. The number of morpholine rings is 1. The summed E-state index contributed by atoms with van der Waals surface area (Å²) in [5, 5.41) is 11.7. The second kappa shape index (κ2) is 7.65. The van der Waals surface area contributed by atoms with Crippen LogP contribution in [0.3, 0.4) is 0 Å². The summed E-state index contributed by atoms with van der Waals surface area (Å²) >= 11 is 0. The molecule has 1 aromatic heterocycles. The van der Waals surface area contributed by atoms with Gasteiger partial charge in [0.2, 0.25) is 5.95 Å². The van der Waals surface area contributed by atoms with Gasteiger partial charge >= 0.3 is 0 Å². The number of aromatic nitrogens is 3. The number of nitrogens with zero attached hydrogens (tertiary/aromatic N) is 5. The highest BCUT2D eigenvalue weighted by atomic mass is 16.5. The first-order chi connectivity index (χ1) is 12.4. The number of anilines is 4. The number of nitrogens with one attached hydrogen (secondary N) is 1. The standard InChI is InChI=1S/C18H24N6O/c1-4-8-24(9-5-1)17-14-19-22-18(21-17)20-15-6-2-3-7-16(15)23-10-12-25-13-11-23/h2-3,6-7,14H,1,4-5,8-13H2,(H,20,21,22).